The van der Waals surface area contributed by atoms with Crippen LogP contribution in [0, 0.1) is 11.7 Å². The summed E-state index contributed by atoms with van der Waals surface area (Å²) in [4.78, 5) is 44.1. The Morgan fingerprint density at radius 1 is 1.19 bits per heavy atom. The molecule has 0 saturated carbocycles. The first kappa shape index (κ1) is 30.8. The number of amides is 1. The number of halogens is 2. The molecule has 0 aliphatic carbocycles. The number of piperazine rings is 1. The van der Waals surface area contributed by atoms with Crippen molar-refractivity contribution < 1.29 is 9.18 Å². The van der Waals surface area contributed by atoms with Crippen LogP contribution in [0.25, 0.3) is 28.0 Å². The monoisotopic (exact) mass is 590 g/mol. The van der Waals surface area contributed by atoms with E-state index in [4.69, 9.17) is 16.6 Å². The zero-order valence-corrected chi connectivity index (χ0v) is 25.6. The molecular formula is C32H36ClFN6O2. The van der Waals surface area contributed by atoms with Crippen molar-refractivity contribution in [2.45, 2.75) is 53.6 Å². The van der Waals surface area contributed by atoms with Crippen molar-refractivity contribution in [1.82, 2.24) is 19.4 Å². The highest BCUT2D eigenvalue weighted by Gasteiger charge is 2.34. The van der Waals surface area contributed by atoms with Gasteiger partial charge in [-0.05, 0) is 70.2 Å². The van der Waals surface area contributed by atoms with Crippen molar-refractivity contribution in [3.8, 4) is 11.3 Å². The van der Waals surface area contributed by atoms with Crippen LogP contribution in [0.4, 0.5) is 10.2 Å². The lowest BCUT2D eigenvalue weighted by Gasteiger charge is -2.44. The van der Waals surface area contributed by atoms with E-state index in [-0.39, 0.29) is 45.8 Å². The van der Waals surface area contributed by atoms with Gasteiger partial charge in [-0.25, -0.2) is 18.7 Å². The molecule has 42 heavy (non-hydrogen) atoms. The summed E-state index contributed by atoms with van der Waals surface area (Å²) in [6.45, 7) is 19.8. The maximum atomic E-state index is 15.0. The zero-order chi connectivity index (χ0) is 30.9. The van der Waals surface area contributed by atoms with E-state index in [0.717, 1.165) is 5.57 Å². The molecule has 2 aromatic heterocycles. The SMILES string of the molecule is C=CC(=O)N1[C@H](C)CN(c2nc(=O)n(C(/C(C)=C\C)=C(/N=C)C(C)C)c3nc(-c4ccccc4F)c(Cl)cc23)C[C@@H]1C. The van der Waals surface area contributed by atoms with Crippen molar-refractivity contribution in [3.63, 3.8) is 0 Å². The van der Waals surface area contributed by atoms with Gasteiger partial charge in [0.1, 0.15) is 11.6 Å². The molecule has 10 heteroatoms. The van der Waals surface area contributed by atoms with Crippen molar-refractivity contribution in [2.24, 2.45) is 10.9 Å². The van der Waals surface area contributed by atoms with Crippen LogP contribution in [0.15, 0.2) is 70.1 Å². The van der Waals surface area contributed by atoms with E-state index in [2.05, 4.69) is 23.3 Å². The average Bonchev–Trinajstić information content (AvgIpc) is 2.95. The largest absolute Gasteiger partial charge is 0.355 e. The van der Waals surface area contributed by atoms with E-state index in [1.807, 2.05) is 52.5 Å². The molecule has 0 bridgehead atoms. The summed E-state index contributed by atoms with van der Waals surface area (Å²) in [5.74, 6) is -0.335. The molecule has 1 amide bonds. The molecule has 0 N–H and O–H groups in total. The van der Waals surface area contributed by atoms with Crippen LogP contribution in [0.5, 0.6) is 0 Å². The first-order chi connectivity index (χ1) is 19.9. The summed E-state index contributed by atoms with van der Waals surface area (Å²) < 4.78 is 16.4. The smallest absolute Gasteiger partial charge is 0.352 e. The fraction of sp³-hybridized carbons (Fsp3) is 0.344. The Bertz CT molecular complexity index is 1680. The van der Waals surface area contributed by atoms with Gasteiger partial charge in [-0.1, -0.05) is 50.2 Å². The number of fused-ring (bicyclic) bond motifs is 1. The molecule has 1 aliphatic rings. The average molecular weight is 591 g/mol. The van der Waals surface area contributed by atoms with E-state index in [9.17, 15) is 14.0 Å². The number of hydrogen-bond acceptors (Lipinski definition) is 6. The van der Waals surface area contributed by atoms with Crippen LogP contribution < -0.4 is 10.6 Å². The van der Waals surface area contributed by atoms with Gasteiger partial charge in [-0.3, -0.25) is 9.79 Å². The predicted octanol–water partition coefficient (Wildman–Crippen LogP) is 6.35. The molecule has 4 rings (SSSR count). The molecule has 1 aliphatic heterocycles. The third-order valence-corrected chi connectivity index (χ3v) is 7.86. The molecule has 1 aromatic carbocycles. The van der Waals surface area contributed by atoms with Crippen molar-refractivity contribution in [3.05, 3.63) is 81.7 Å². The van der Waals surface area contributed by atoms with Gasteiger partial charge in [0.25, 0.3) is 0 Å². The minimum Gasteiger partial charge on any atom is -0.352 e. The standard InChI is InChI=1S/C32H36ClFN6O2/c1-9-19(5)29(27(35-8)18(3)4)40-31-23(15-24(33)28(36-31)22-13-11-12-14-25(22)34)30(37-32(40)42)38-16-20(6)39(21(7)17-38)26(41)10-2/h9-15,18,20-21H,2,8,16-17H2,1,3-7H3/b19-9-,29-27+/t20-,21+. The number of aromatic nitrogens is 3. The summed E-state index contributed by atoms with van der Waals surface area (Å²) in [6.07, 6.45) is 3.19. The van der Waals surface area contributed by atoms with Gasteiger partial charge in [0.2, 0.25) is 5.91 Å². The molecular weight excluding hydrogens is 555 g/mol. The Labute approximate surface area is 250 Å². The highest BCUT2D eigenvalue weighted by molar-refractivity contribution is 6.34. The van der Waals surface area contributed by atoms with Gasteiger partial charge in [-0.15, -0.1) is 0 Å². The number of anilines is 1. The fourth-order valence-corrected chi connectivity index (χ4v) is 5.84. The highest BCUT2D eigenvalue weighted by atomic mass is 35.5. The van der Waals surface area contributed by atoms with E-state index >= 15 is 0 Å². The van der Waals surface area contributed by atoms with Gasteiger partial charge < -0.3 is 9.80 Å². The molecule has 0 spiro atoms. The highest BCUT2D eigenvalue weighted by Crippen LogP contribution is 2.36. The molecule has 8 nitrogen and oxygen atoms in total. The fourth-order valence-electron chi connectivity index (χ4n) is 5.59. The number of allylic oxidation sites excluding steroid dienone is 4. The Kier molecular flexibility index (Phi) is 9.11. The van der Waals surface area contributed by atoms with E-state index in [1.165, 1.54) is 16.7 Å². The second kappa shape index (κ2) is 12.4. The Morgan fingerprint density at radius 2 is 1.83 bits per heavy atom. The van der Waals surface area contributed by atoms with Crippen LogP contribution in [0.3, 0.4) is 0 Å². The maximum Gasteiger partial charge on any atom is 0.355 e. The third kappa shape index (κ3) is 5.53. The van der Waals surface area contributed by atoms with E-state index in [1.54, 1.807) is 29.2 Å². The molecule has 0 radical (unpaired) electrons. The lowest BCUT2D eigenvalue weighted by molar-refractivity contribution is -0.130. The number of rotatable bonds is 7. The number of pyridine rings is 1. The summed E-state index contributed by atoms with van der Waals surface area (Å²) in [7, 11) is 0. The normalized spacial score (nSPS) is 18.4. The number of carbonyl (C=O) groups is 1. The molecule has 3 heterocycles. The lowest BCUT2D eigenvalue weighted by atomic mass is 10.0. The Hall–Kier alpha value is -4.11. The molecule has 1 saturated heterocycles. The second-order valence-electron chi connectivity index (χ2n) is 10.8. The predicted molar refractivity (Wildman–Crippen MR) is 169 cm³/mol. The topological polar surface area (TPSA) is 83.7 Å². The summed E-state index contributed by atoms with van der Waals surface area (Å²) >= 11 is 6.78. The van der Waals surface area contributed by atoms with Crippen LogP contribution in [0.1, 0.15) is 41.5 Å². The summed E-state index contributed by atoms with van der Waals surface area (Å²) in [6, 6.07) is 7.54. The molecule has 1 fully saturated rings. The van der Waals surface area contributed by atoms with Gasteiger partial charge in [0, 0.05) is 30.7 Å². The first-order valence-corrected chi connectivity index (χ1v) is 14.2. The minimum atomic E-state index is -0.574. The van der Waals surface area contributed by atoms with Gasteiger partial charge in [-0.2, -0.15) is 4.98 Å². The Balaban J connectivity index is 2.10. The maximum absolute atomic E-state index is 15.0. The number of aliphatic imine (C=N–C) groups is 1. The third-order valence-electron chi connectivity index (χ3n) is 7.57. The summed E-state index contributed by atoms with van der Waals surface area (Å²) in [5, 5.41) is 0.720. The molecule has 3 aromatic rings. The van der Waals surface area contributed by atoms with Gasteiger partial charge in [0.05, 0.1) is 27.5 Å². The quantitative estimate of drug-likeness (QED) is 0.182. The van der Waals surface area contributed by atoms with Crippen LogP contribution in [0.2, 0.25) is 5.02 Å². The molecule has 0 unspecified atom stereocenters. The van der Waals surface area contributed by atoms with Gasteiger partial charge in [0.15, 0.2) is 5.65 Å². The number of benzene rings is 1. The first-order valence-electron chi connectivity index (χ1n) is 13.9. The van der Waals surface area contributed by atoms with Gasteiger partial charge >= 0.3 is 5.69 Å². The number of nitrogens with zero attached hydrogens (tertiary/aromatic N) is 6. The van der Waals surface area contributed by atoms with Crippen LogP contribution in [-0.4, -0.2) is 57.2 Å². The van der Waals surface area contributed by atoms with Crippen LogP contribution in [-0.2, 0) is 4.79 Å². The van der Waals surface area contributed by atoms with E-state index in [0.29, 0.717) is 35.7 Å². The van der Waals surface area contributed by atoms with Crippen molar-refractivity contribution >= 4 is 46.8 Å². The second-order valence-corrected chi connectivity index (χ2v) is 11.2. The minimum absolute atomic E-state index is 0.0791. The van der Waals surface area contributed by atoms with Crippen LogP contribution >= 0.6 is 11.6 Å². The van der Waals surface area contributed by atoms with E-state index < -0.39 is 11.5 Å². The Morgan fingerprint density at radius 3 is 2.38 bits per heavy atom. The summed E-state index contributed by atoms with van der Waals surface area (Å²) in [5.41, 5.74) is 1.96. The van der Waals surface area contributed by atoms with Crippen molar-refractivity contribution in [1.29, 1.82) is 0 Å². The zero-order valence-electron chi connectivity index (χ0n) is 24.9. The molecule has 2 atom stereocenters. The molecule has 220 valence electrons. The number of carbonyl (C=O) groups excluding carboxylic acids is 1. The van der Waals surface area contributed by atoms with Crippen molar-refractivity contribution in [2.75, 3.05) is 18.0 Å². The lowest BCUT2D eigenvalue weighted by Crippen LogP contribution is -2.58. The number of hydrogen-bond donors (Lipinski definition) is 0.